The van der Waals surface area contributed by atoms with E-state index < -0.39 is 6.04 Å². The number of benzene rings is 2. The second-order valence-electron chi connectivity index (χ2n) is 10.6. The fraction of sp³-hybridized carbons (Fsp3) is 0.387. The molecule has 0 radical (unpaired) electrons. The van der Waals surface area contributed by atoms with Crippen LogP contribution in [0.3, 0.4) is 0 Å². The molecule has 2 aromatic carbocycles. The highest BCUT2D eigenvalue weighted by Crippen LogP contribution is 2.40. The lowest BCUT2D eigenvalue weighted by molar-refractivity contribution is -0.124. The van der Waals surface area contributed by atoms with Crippen molar-refractivity contribution in [3.8, 4) is 28.7 Å². The SMILES string of the molecule is CCOc1cc2cc(c1)C(=O)N(C)CC(=O)N[C@H]1CN(C(=O)c3scc4c3OCCO4)CC[C@H]1OCc1cccc(c1)O2. The van der Waals surface area contributed by atoms with Crippen LogP contribution < -0.4 is 24.3 Å². The normalized spacial score (nSPS) is 20.5. The van der Waals surface area contributed by atoms with E-state index in [4.69, 9.17) is 23.7 Å². The van der Waals surface area contributed by atoms with Gasteiger partial charge < -0.3 is 38.8 Å². The van der Waals surface area contributed by atoms with Gasteiger partial charge in [-0.1, -0.05) is 12.1 Å². The number of piperidine rings is 1. The molecule has 0 aliphatic carbocycles. The van der Waals surface area contributed by atoms with Gasteiger partial charge in [0.15, 0.2) is 11.5 Å². The van der Waals surface area contributed by atoms with Crippen molar-refractivity contribution < 1.29 is 38.1 Å². The maximum Gasteiger partial charge on any atom is 0.267 e. The molecule has 4 bridgehead atoms. The Morgan fingerprint density at radius 3 is 2.84 bits per heavy atom. The zero-order valence-corrected chi connectivity index (χ0v) is 24.8. The number of hydrogen-bond acceptors (Lipinski definition) is 9. The molecule has 1 aromatic heterocycles. The van der Waals surface area contributed by atoms with Crippen molar-refractivity contribution in [2.75, 3.05) is 46.5 Å². The molecule has 3 aromatic rings. The van der Waals surface area contributed by atoms with Crippen molar-refractivity contribution >= 4 is 29.1 Å². The maximum absolute atomic E-state index is 13.6. The van der Waals surface area contributed by atoms with Gasteiger partial charge in [-0.05, 0) is 43.2 Å². The molecule has 11 nitrogen and oxygen atoms in total. The second-order valence-corrected chi connectivity index (χ2v) is 11.4. The molecule has 0 saturated carbocycles. The molecule has 1 N–H and O–H groups in total. The molecule has 3 amide bonds. The molecule has 2 atom stereocenters. The van der Waals surface area contributed by atoms with Crippen molar-refractivity contribution in [1.29, 1.82) is 0 Å². The monoisotopic (exact) mass is 607 g/mol. The number of rotatable bonds is 3. The lowest BCUT2D eigenvalue weighted by Gasteiger charge is -2.39. The number of thiophene rings is 1. The van der Waals surface area contributed by atoms with E-state index in [1.54, 1.807) is 35.5 Å². The van der Waals surface area contributed by atoms with E-state index in [0.29, 0.717) is 72.0 Å². The molecule has 12 heteroatoms. The minimum atomic E-state index is -0.498. The molecular weight excluding hydrogens is 574 g/mol. The lowest BCUT2D eigenvalue weighted by Crippen LogP contribution is -2.58. The summed E-state index contributed by atoms with van der Waals surface area (Å²) in [4.78, 5) is 43.7. The number of likely N-dealkylation sites (tertiary alicyclic amines) is 1. The van der Waals surface area contributed by atoms with Crippen molar-refractivity contribution in [1.82, 2.24) is 15.1 Å². The van der Waals surface area contributed by atoms with Gasteiger partial charge in [0.05, 0.1) is 31.9 Å². The summed E-state index contributed by atoms with van der Waals surface area (Å²) in [5.74, 6) is 1.66. The van der Waals surface area contributed by atoms with Crippen LogP contribution in [0.1, 0.15) is 38.9 Å². The largest absolute Gasteiger partial charge is 0.494 e. The summed E-state index contributed by atoms with van der Waals surface area (Å²) >= 11 is 1.29. The number of carbonyl (C=O) groups is 3. The Morgan fingerprint density at radius 2 is 1.98 bits per heavy atom. The number of nitrogens with zero attached hydrogens (tertiary/aromatic N) is 2. The predicted octanol–water partition coefficient (Wildman–Crippen LogP) is 3.71. The Kier molecular flexibility index (Phi) is 8.39. The fourth-order valence-corrected chi connectivity index (χ4v) is 6.31. The van der Waals surface area contributed by atoms with E-state index in [-0.39, 0.29) is 43.5 Å². The summed E-state index contributed by atoms with van der Waals surface area (Å²) in [5.41, 5.74) is 1.22. The number of fused-ring (bicyclic) bond motifs is 6. The average Bonchev–Trinajstić information content (AvgIpc) is 3.43. The van der Waals surface area contributed by atoms with E-state index in [0.717, 1.165) is 5.56 Å². The lowest BCUT2D eigenvalue weighted by atomic mass is 10.0. The van der Waals surface area contributed by atoms with Gasteiger partial charge in [-0.2, -0.15) is 0 Å². The van der Waals surface area contributed by atoms with Crippen LogP contribution >= 0.6 is 11.3 Å². The number of amides is 3. The Labute approximate surface area is 253 Å². The molecule has 1 saturated heterocycles. The predicted molar refractivity (Wildman–Crippen MR) is 157 cm³/mol. The van der Waals surface area contributed by atoms with Gasteiger partial charge in [0, 0.05) is 37.1 Å². The van der Waals surface area contributed by atoms with Gasteiger partial charge in [0.25, 0.3) is 11.8 Å². The smallest absolute Gasteiger partial charge is 0.267 e. The highest BCUT2D eigenvalue weighted by Gasteiger charge is 2.36. The number of nitrogens with one attached hydrogen (secondary N) is 1. The third-order valence-corrected chi connectivity index (χ3v) is 8.37. The standard InChI is InChI=1S/C31H33N3O8S/c1-3-38-22-12-20-13-23(14-22)42-21-6-4-5-19(11-21)17-41-25-7-8-34(15-24(25)32-27(35)16-33(2)30(20)36)31(37)29-28-26(18-43-29)39-9-10-40-28/h4-6,11-14,18,24-25H,3,7-10,15-17H2,1-2H3,(H,32,35)/t24-,25+/m0/s1. The van der Waals surface area contributed by atoms with Gasteiger partial charge in [-0.3, -0.25) is 14.4 Å². The fourth-order valence-electron chi connectivity index (χ4n) is 5.41. The Balaban J connectivity index is 1.26. The van der Waals surface area contributed by atoms with Gasteiger partial charge in [-0.25, -0.2) is 0 Å². The number of ether oxygens (including phenoxy) is 5. The zero-order valence-electron chi connectivity index (χ0n) is 24.0. The van der Waals surface area contributed by atoms with E-state index in [9.17, 15) is 14.4 Å². The first-order valence-electron chi connectivity index (χ1n) is 14.3. The van der Waals surface area contributed by atoms with Crippen molar-refractivity contribution in [2.45, 2.75) is 32.1 Å². The molecule has 43 heavy (non-hydrogen) atoms. The quantitative estimate of drug-likeness (QED) is 0.479. The van der Waals surface area contributed by atoms with Crippen LogP contribution in [0.25, 0.3) is 0 Å². The number of likely N-dealkylation sites (N-methyl/N-ethyl adjacent to an activating group) is 1. The highest BCUT2D eigenvalue weighted by atomic mass is 32.1. The van der Waals surface area contributed by atoms with Gasteiger partial charge >= 0.3 is 0 Å². The van der Waals surface area contributed by atoms with Gasteiger partial charge in [-0.15, -0.1) is 11.3 Å². The minimum absolute atomic E-state index is 0.182. The Hall–Kier alpha value is -4.29. The molecule has 4 heterocycles. The first kappa shape index (κ1) is 28.8. The summed E-state index contributed by atoms with van der Waals surface area (Å²) in [6.07, 6.45) is 0.155. The molecule has 3 aliphatic rings. The van der Waals surface area contributed by atoms with E-state index in [2.05, 4.69) is 5.32 Å². The third-order valence-electron chi connectivity index (χ3n) is 7.44. The third kappa shape index (κ3) is 6.40. The van der Waals surface area contributed by atoms with Gasteiger partial charge in [0.1, 0.15) is 35.3 Å². The van der Waals surface area contributed by atoms with E-state index in [1.165, 1.54) is 16.2 Å². The van der Waals surface area contributed by atoms with Crippen molar-refractivity contribution in [3.63, 3.8) is 0 Å². The van der Waals surface area contributed by atoms with Crippen LogP contribution in [0.5, 0.6) is 28.7 Å². The summed E-state index contributed by atoms with van der Waals surface area (Å²) in [5, 5.41) is 4.82. The Bertz CT molecular complexity index is 1520. The van der Waals surface area contributed by atoms with Crippen LogP contribution in [0.4, 0.5) is 0 Å². The molecule has 1 fully saturated rings. The number of carbonyl (C=O) groups excluding carboxylic acids is 3. The van der Waals surface area contributed by atoms with Gasteiger partial charge in [0.2, 0.25) is 5.91 Å². The molecule has 0 spiro atoms. The molecule has 3 aliphatic heterocycles. The van der Waals surface area contributed by atoms with Crippen LogP contribution in [-0.2, 0) is 16.1 Å². The molecule has 6 rings (SSSR count). The summed E-state index contributed by atoms with van der Waals surface area (Å²) < 4.78 is 29.5. The molecular formula is C31H33N3O8S. The average molecular weight is 608 g/mol. The van der Waals surface area contributed by atoms with E-state index in [1.807, 2.05) is 31.2 Å². The first-order chi connectivity index (χ1) is 20.9. The van der Waals surface area contributed by atoms with Crippen LogP contribution in [0.2, 0.25) is 0 Å². The molecule has 0 unspecified atom stereocenters. The highest BCUT2D eigenvalue weighted by molar-refractivity contribution is 7.12. The van der Waals surface area contributed by atoms with E-state index >= 15 is 0 Å². The zero-order chi connectivity index (χ0) is 29.9. The Morgan fingerprint density at radius 1 is 1.12 bits per heavy atom. The minimum Gasteiger partial charge on any atom is -0.494 e. The summed E-state index contributed by atoms with van der Waals surface area (Å²) in [7, 11) is 1.56. The van der Waals surface area contributed by atoms with Crippen LogP contribution in [0, 0.1) is 0 Å². The maximum atomic E-state index is 13.6. The topological polar surface area (TPSA) is 116 Å². The second kappa shape index (κ2) is 12.5. The number of hydrogen-bond donors (Lipinski definition) is 1. The van der Waals surface area contributed by atoms with Crippen LogP contribution in [0.15, 0.2) is 47.8 Å². The van der Waals surface area contributed by atoms with Crippen molar-refractivity contribution in [2.24, 2.45) is 0 Å². The first-order valence-corrected chi connectivity index (χ1v) is 15.1. The van der Waals surface area contributed by atoms with Crippen LogP contribution in [-0.4, -0.2) is 86.2 Å². The van der Waals surface area contributed by atoms with Crippen molar-refractivity contribution in [3.05, 3.63) is 63.8 Å². The molecule has 226 valence electrons. The summed E-state index contributed by atoms with van der Waals surface area (Å²) in [6.45, 7) is 3.89. The summed E-state index contributed by atoms with van der Waals surface area (Å²) in [6, 6.07) is 12.0.